The molecular weight excluding hydrogens is 204 g/mol. The first-order valence-electron chi connectivity index (χ1n) is 6.12. The van der Waals surface area contributed by atoms with E-state index in [9.17, 15) is 0 Å². The van der Waals surface area contributed by atoms with Crippen LogP contribution in [0.25, 0.3) is 0 Å². The predicted molar refractivity (Wildman–Crippen MR) is 64.0 cm³/mol. The van der Waals surface area contributed by atoms with Crippen molar-refractivity contribution in [1.29, 1.82) is 0 Å². The van der Waals surface area contributed by atoms with Crippen molar-refractivity contribution in [3.8, 4) is 0 Å². The standard InChI is InChI=1S/C10H22N6/c1-3-5-7-11-9-13-10(15-16-14-9)12-8-6-4-2/h16H,3-8H2,1-2H3,(H3,11,12,13,14,15)/p+2. The molecule has 1 fully saturated rings. The zero-order valence-electron chi connectivity index (χ0n) is 10.2. The van der Waals surface area contributed by atoms with Crippen LogP contribution >= 0.6 is 0 Å². The van der Waals surface area contributed by atoms with E-state index in [2.05, 4.69) is 45.5 Å². The number of hydrogen-bond acceptors (Lipinski definition) is 1. The monoisotopic (exact) mass is 228 g/mol. The fraction of sp³-hybridized carbons (Fsp3) is 0.800. The van der Waals surface area contributed by atoms with Crippen molar-refractivity contribution in [2.45, 2.75) is 39.5 Å². The molecule has 1 aliphatic rings. The van der Waals surface area contributed by atoms with Gasteiger partial charge >= 0.3 is 11.9 Å². The molecule has 1 rings (SSSR count). The van der Waals surface area contributed by atoms with Gasteiger partial charge in [0, 0.05) is 0 Å². The van der Waals surface area contributed by atoms with Crippen LogP contribution in [0, 0.1) is 0 Å². The van der Waals surface area contributed by atoms with Gasteiger partial charge in [-0.25, -0.2) is 0 Å². The zero-order valence-corrected chi connectivity index (χ0v) is 10.2. The molecule has 6 N–H and O–H groups in total. The highest BCUT2D eigenvalue weighted by atomic mass is 15.7. The molecule has 0 spiro atoms. The molecule has 0 bridgehead atoms. The van der Waals surface area contributed by atoms with E-state index in [0.717, 1.165) is 25.0 Å². The van der Waals surface area contributed by atoms with Crippen LogP contribution in [-0.4, -0.2) is 25.0 Å². The van der Waals surface area contributed by atoms with Gasteiger partial charge in [-0.05, 0) is 18.4 Å². The summed E-state index contributed by atoms with van der Waals surface area (Å²) >= 11 is 0. The minimum atomic E-state index is 0.881. The van der Waals surface area contributed by atoms with E-state index in [0.29, 0.717) is 0 Å². The van der Waals surface area contributed by atoms with Gasteiger partial charge in [0.2, 0.25) is 0 Å². The summed E-state index contributed by atoms with van der Waals surface area (Å²) in [6.07, 6.45) is 4.71. The zero-order chi connectivity index (χ0) is 11.6. The van der Waals surface area contributed by atoms with Crippen molar-refractivity contribution >= 4 is 11.9 Å². The Balaban J connectivity index is 2.34. The summed E-state index contributed by atoms with van der Waals surface area (Å²) < 4.78 is 0. The fourth-order valence-corrected chi connectivity index (χ4v) is 1.30. The second-order valence-electron chi connectivity index (χ2n) is 3.81. The molecular formula is C10H24N6+2. The first-order valence-corrected chi connectivity index (χ1v) is 6.12. The third kappa shape index (κ3) is 4.97. The first-order chi connectivity index (χ1) is 7.86. The molecule has 0 unspecified atom stereocenters. The first kappa shape index (κ1) is 12.8. The third-order valence-electron chi connectivity index (χ3n) is 2.29. The molecule has 1 aliphatic heterocycles. The Morgan fingerprint density at radius 2 is 1.38 bits per heavy atom. The highest BCUT2D eigenvalue weighted by molar-refractivity contribution is 5.94. The van der Waals surface area contributed by atoms with Gasteiger partial charge in [0.05, 0.1) is 13.1 Å². The van der Waals surface area contributed by atoms with Gasteiger partial charge < -0.3 is 0 Å². The van der Waals surface area contributed by atoms with Crippen molar-refractivity contribution < 1.29 is 9.98 Å². The number of unbranched alkanes of at least 4 members (excludes halogenated alkanes) is 2. The largest absolute Gasteiger partial charge is 0.372 e. The smallest absolute Gasteiger partial charge is 0.276 e. The molecule has 0 radical (unpaired) electrons. The molecule has 0 aromatic carbocycles. The molecule has 6 heteroatoms. The van der Waals surface area contributed by atoms with Crippen LogP contribution < -0.4 is 31.7 Å². The van der Waals surface area contributed by atoms with Gasteiger partial charge in [-0.3, -0.25) is 9.98 Å². The molecule has 0 saturated carbocycles. The summed E-state index contributed by atoms with van der Waals surface area (Å²) in [4.78, 5) is 6.55. The van der Waals surface area contributed by atoms with Crippen LogP contribution in [0.2, 0.25) is 0 Å². The Hall–Kier alpha value is -1.30. The van der Waals surface area contributed by atoms with Crippen molar-refractivity contribution in [2.24, 2.45) is 0 Å². The summed E-state index contributed by atoms with van der Waals surface area (Å²) in [5, 5.41) is 3.20. The molecule has 6 nitrogen and oxygen atoms in total. The van der Waals surface area contributed by atoms with E-state index in [1.54, 1.807) is 0 Å². The molecule has 0 aliphatic carbocycles. The Morgan fingerprint density at radius 1 is 0.875 bits per heavy atom. The van der Waals surface area contributed by atoms with Crippen LogP contribution in [0.4, 0.5) is 0 Å². The maximum atomic E-state index is 3.27. The summed E-state index contributed by atoms with van der Waals surface area (Å²) in [6.45, 7) is 6.29. The van der Waals surface area contributed by atoms with Crippen LogP contribution in [0.1, 0.15) is 39.5 Å². The summed E-state index contributed by atoms with van der Waals surface area (Å²) in [5.74, 6) is 1.76. The summed E-state index contributed by atoms with van der Waals surface area (Å²) in [6, 6.07) is 0. The Kier molecular flexibility index (Phi) is 6.32. The second kappa shape index (κ2) is 7.92. The molecule has 0 aromatic rings. The van der Waals surface area contributed by atoms with E-state index < -0.39 is 0 Å². The van der Waals surface area contributed by atoms with Crippen LogP contribution in [-0.2, 0) is 0 Å². The summed E-state index contributed by atoms with van der Waals surface area (Å²) in [7, 11) is 0. The van der Waals surface area contributed by atoms with E-state index >= 15 is 0 Å². The lowest BCUT2D eigenvalue weighted by atomic mass is 10.3. The fourth-order valence-electron chi connectivity index (χ4n) is 1.30. The van der Waals surface area contributed by atoms with Gasteiger partial charge in [0.15, 0.2) is 0 Å². The van der Waals surface area contributed by atoms with Gasteiger partial charge in [-0.15, -0.1) is 0 Å². The minimum Gasteiger partial charge on any atom is -0.276 e. The van der Waals surface area contributed by atoms with Gasteiger partial charge in [0.25, 0.3) is 0 Å². The van der Waals surface area contributed by atoms with Crippen molar-refractivity contribution in [2.75, 3.05) is 13.1 Å². The van der Waals surface area contributed by atoms with E-state index in [4.69, 9.17) is 0 Å². The topological polar surface area (TPSA) is 76.1 Å². The highest BCUT2D eigenvalue weighted by Crippen LogP contribution is 1.77. The average molecular weight is 228 g/mol. The molecule has 0 aromatic heterocycles. The van der Waals surface area contributed by atoms with Crippen LogP contribution in [0.3, 0.4) is 0 Å². The van der Waals surface area contributed by atoms with Crippen LogP contribution in [0.5, 0.6) is 0 Å². The molecule has 1 saturated heterocycles. The second-order valence-corrected chi connectivity index (χ2v) is 3.81. The molecule has 0 amide bonds. The molecule has 16 heavy (non-hydrogen) atoms. The number of rotatable bonds is 6. The number of hydrazine groups is 2. The van der Waals surface area contributed by atoms with Crippen molar-refractivity contribution in [1.82, 2.24) is 21.7 Å². The van der Waals surface area contributed by atoms with Gasteiger partial charge in [-0.1, -0.05) is 26.7 Å². The van der Waals surface area contributed by atoms with E-state index in [-0.39, 0.29) is 0 Å². The van der Waals surface area contributed by atoms with E-state index in [1.165, 1.54) is 25.7 Å². The molecule has 0 atom stereocenters. The lowest BCUT2D eigenvalue weighted by molar-refractivity contribution is -0.471. The van der Waals surface area contributed by atoms with E-state index in [1.807, 2.05) is 0 Å². The minimum absolute atomic E-state index is 0.881. The number of guanidine groups is 2. The quantitative estimate of drug-likeness (QED) is 0.269. The Bertz CT molecular complexity index is 224. The lowest BCUT2D eigenvalue weighted by Gasteiger charge is -2.11. The predicted octanol–water partition coefficient (Wildman–Crippen LogP) is -3.34. The molecule has 1 heterocycles. The Morgan fingerprint density at radius 3 is 1.81 bits per heavy atom. The van der Waals surface area contributed by atoms with Gasteiger partial charge in [-0.2, -0.15) is 16.2 Å². The normalized spacial score (nSPS) is 20.4. The number of hydrogen-bond donors (Lipinski definition) is 6. The van der Waals surface area contributed by atoms with Crippen LogP contribution in [0.15, 0.2) is 0 Å². The summed E-state index contributed by atoms with van der Waals surface area (Å²) in [5.41, 5.74) is 8.82. The third-order valence-corrected chi connectivity index (χ3v) is 2.29. The van der Waals surface area contributed by atoms with Gasteiger partial charge in [0.1, 0.15) is 0 Å². The highest BCUT2D eigenvalue weighted by Gasteiger charge is 2.19. The average Bonchev–Trinajstić information content (AvgIpc) is 2.30. The lowest BCUT2D eigenvalue weighted by Crippen LogP contribution is -2.91. The SMILES string of the molecule is CCCC[NH+]=C1NNNC(=[NH+]CCCC)N1. The molecule has 92 valence electrons. The number of nitrogens with one attached hydrogen (secondary N) is 6. The maximum absolute atomic E-state index is 3.27. The Labute approximate surface area is 96.9 Å². The van der Waals surface area contributed by atoms with Crippen molar-refractivity contribution in [3.63, 3.8) is 0 Å². The van der Waals surface area contributed by atoms with Crippen molar-refractivity contribution in [3.05, 3.63) is 0 Å². The maximum Gasteiger partial charge on any atom is 0.372 e.